The molecule has 1 aliphatic carbocycles. The highest BCUT2D eigenvalue weighted by Gasteiger charge is 2.39. The van der Waals surface area contributed by atoms with E-state index in [-0.39, 0.29) is 11.9 Å². The van der Waals surface area contributed by atoms with Crippen LogP contribution in [0.15, 0.2) is 6.07 Å². The average Bonchev–Trinajstić information content (AvgIpc) is 2.95. The highest BCUT2D eigenvalue weighted by molar-refractivity contribution is 6.33. The lowest BCUT2D eigenvalue weighted by molar-refractivity contribution is -0.116. The molecule has 0 atom stereocenters. The third-order valence-corrected chi connectivity index (χ3v) is 6.30. The number of pyridine rings is 1. The molecule has 3 heterocycles. The van der Waals surface area contributed by atoms with Gasteiger partial charge >= 0.3 is 0 Å². The van der Waals surface area contributed by atoms with E-state index < -0.39 is 0 Å². The molecule has 2 fully saturated rings. The summed E-state index contributed by atoms with van der Waals surface area (Å²) >= 11 is 6.58. The monoisotopic (exact) mass is 375 g/mol. The quantitative estimate of drug-likeness (QED) is 0.752. The van der Waals surface area contributed by atoms with Crippen LogP contribution in [0.5, 0.6) is 0 Å². The van der Waals surface area contributed by atoms with E-state index >= 15 is 0 Å². The van der Waals surface area contributed by atoms with Gasteiger partial charge < -0.3 is 9.80 Å². The lowest BCUT2D eigenvalue weighted by Gasteiger charge is -2.44. The third kappa shape index (κ3) is 3.09. The Hall–Kier alpha value is -1.33. The van der Waals surface area contributed by atoms with Crippen molar-refractivity contribution in [3.05, 3.63) is 22.8 Å². The molecule has 0 N–H and O–H groups in total. The summed E-state index contributed by atoms with van der Waals surface area (Å²) in [6.45, 7) is 8.86. The number of rotatable bonds is 3. The molecule has 1 saturated carbocycles. The van der Waals surface area contributed by atoms with Crippen molar-refractivity contribution in [2.24, 2.45) is 0 Å². The molecule has 4 rings (SSSR count). The lowest BCUT2D eigenvalue weighted by Crippen LogP contribution is -2.46. The molecule has 0 spiro atoms. The molecule has 0 aromatic carbocycles. The van der Waals surface area contributed by atoms with Crippen molar-refractivity contribution in [1.82, 2.24) is 9.88 Å². The van der Waals surface area contributed by atoms with E-state index in [1.807, 2.05) is 4.90 Å². The second-order valence-electron chi connectivity index (χ2n) is 8.08. The number of hydrogen-bond acceptors (Lipinski definition) is 4. The molecule has 0 bridgehead atoms. The number of hydrogen-bond donors (Lipinski definition) is 0. The minimum Gasteiger partial charge on any atom is -0.347 e. The Morgan fingerprint density at radius 1 is 1.23 bits per heavy atom. The molecule has 141 valence electrons. The first kappa shape index (κ1) is 18.1. The van der Waals surface area contributed by atoms with Crippen molar-refractivity contribution in [1.29, 1.82) is 0 Å². The summed E-state index contributed by atoms with van der Waals surface area (Å²) in [4.78, 5) is 23.4. The molecule has 1 saturated heterocycles. The van der Waals surface area contributed by atoms with E-state index in [4.69, 9.17) is 16.6 Å². The number of aromatic nitrogens is 1. The van der Waals surface area contributed by atoms with E-state index in [2.05, 4.69) is 29.7 Å². The van der Waals surface area contributed by atoms with Crippen LogP contribution >= 0.6 is 11.6 Å². The predicted octanol–water partition coefficient (Wildman–Crippen LogP) is 3.84. The molecule has 0 unspecified atom stereocenters. The molecule has 5 nitrogen and oxygen atoms in total. The predicted molar refractivity (Wildman–Crippen MR) is 106 cm³/mol. The van der Waals surface area contributed by atoms with Crippen LogP contribution in [-0.2, 0) is 4.79 Å². The van der Waals surface area contributed by atoms with Crippen molar-refractivity contribution >= 4 is 28.9 Å². The Labute approximate surface area is 161 Å². The Balaban J connectivity index is 1.55. The van der Waals surface area contributed by atoms with Gasteiger partial charge in [0.2, 0.25) is 5.91 Å². The molecule has 26 heavy (non-hydrogen) atoms. The van der Waals surface area contributed by atoms with Gasteiger partial charge in [-0.25, -0.2) is 4.98 Å². The second kappa shape index (κ2) is 7.01. The third-order valence-electron chi connectivity index (χ3n) is 6.04. The van der Waals surface area contributed by atoms with Crippen molar-refractivity contribution in [3.8, 4) is 0 Å². The summed E-state index contributed by atoms with van der Waals surface area (Å²) in [5.74, 6) is 1.42. The minimum atomic E-state index is 0.0485. The number of anilines is 2. The average molecular weight is 376 g/mol. The molecular weight excluding hydrogens is 348 g/mol. The molecule has 1 aromatic rings. The zero-order valence-corrected chi connectivity index (χ0v) is 16.7. The Bertz CT molecular complexity index is 695. The maximum atomic E-state index is 12.1. The van der Waals surface area contributed by atoms with Gasteiger partial charge in [-0.05, 0) is 58.7 Å². The van der Waals surface area contributed by atoms with Crippen molar-refractivity contribution in [3.63, 3.8) is 0 Å². The van der Waals surface area contributed by atoms with Gasteiger partial charge in [0.1, 0.15) is 5.69 Å². The number of fused-ring (bicyclic) bond motifs is 1. The summed E-state index contributed by atoms with van der Waals surface area (Å²) in [7, 11) is 0. The van der Waals surface area contributed by atoms with Gasteiger partial charge in [-0.3, -0.25) is 9.69 Å². The van der Waals surface area contributed by atoms with Crippen LogP contribution in [-0.4, -0.2) is 47.6 Å². The van der Waals surface area contributed by atoms with Gasteiger partial charge in [0, 0.05) is 24.9 Å². The molecule has 3 aliphatic rings. The van der Waals surface area contributed by atoms with E-state index in [1.165, 1.54) is 38.3 Å². The standard InChI is InChI=1S/C20H28ClN4O/c1-13(2)24-12-25(14(3)26)18-11-17(22-20(21)19(18)24)15-9-16(10-15)23-7-5-4-6-8-23/h11,13,16H,4-10,12H2,1-3H3. The number of likely N-dealkylation sites (tertiary alicyclic amines) is 1. The van der Waals surface area contributed by atoms with E-state index in [0.717, 1.165) is 29.9 Å². The fraction of sp³-hybridized carbons (Fsp3) is 0.650. The van der Waals surface area contributed by atoms with Crippen molar-refractivity contribution in [2.45, 2.75) is 65.0 Å². The zero-order valence-electron chi connectivity index (χ0n) is 16.0. The van der Waals surface area contributed by atoms with Gasteiger partial charge in [-0.15, -0.1) is 0 Å². The van der Waals surface area contributed by atoms with Gasteiger partial charge in [-0.2, -0.15) is 0 Å². The SMILES string of the molecule is CC(=O)N1CN(C(C)C)c2c1cc([C]1CC(N3CCCCC3)C1)nc2Cl. The van der Waals surface area contributed by atoms with Gasteiger partial charge in [-0.1, -0.05) is 18.0 Å². The van der Waals surface area contributed by atoms with Crippen LogP contribution in [0.1, 0.15) is 58.6 Å². The van der Waals surface area contributed by atoms with Gasteiger partial charge in [0.05, 0.1) is 18.1 Å². The molecule has 1 aromatic heterocycles. The van der Waals surface area contributed by atoms with Crippen LogP contribution < -0.4 is 9.80 Å². The van der Waals surface area contributed by atoms with Gasteiger partial charge in [0.15, 0.2) is 5.15 Å². The van der Waals surface area contributed by atoms with E-state index in [9.17, 15) is 4.79 Å². The first-order chi connectivity index (χ1) is 12.5. The highest BCUT2D eigenvalue weighted by atomic mass is 35.5. The van der Waals surface area contributed by atoms with E-state index in [1.54, 1.807) is 6.92 Å². The summed E-state index contributed by atoms with van der Waals surface area (Å²) < 4.78 is 0. The summed E-state index contributed by atoms with van der Waals surface area (Å²) in [5.41, 5.74) is 2.78. The number of halogens is 1. The molecular formula is C20H28ClN4O. The normalized spacial score (nSPS) is 22.0. The van der Waals surface area contributed by atoms with Crippen LogP contribution in [0.4, 0.5) is 11.4 Å². The fourth-order valence-corrected chi connectivity index (χ4v) is 4.69. The lowest BCUT2D eigenvalue weighted by atomic mass is 9.76. The number of amides is 1. The molecule has 1 radical (unpaired) electrons. The maximum Gasteiger partial charge on any atom is 0.225 e. The Morgan fingerprint density at radius 2 is 1.92 bits per heavy atom. The molecule has 6 heteroatoms. The van der Waals surface area contributed by atoms with Crippen molar-refractivity contribution < 1.29 is 4.79 Å². The van der Waals surface area contributed by atoms with Crippen LogP contribution in [0.3, 0.4) is 0 Å². The Kier molecular flexibility index (Phi) is 4.86. The maximum absolute atomic E-state index is 12.1. The number of carbonyl (C=O) groups excluding carboxylic acids is 1. The first-order valence-corrected chi connectivity index (χ1v) is 10.2. The highest BCUT2D eigenvalue weighted by Crippen LogP contribution is 2.46. The largest absolute Gasteiger partial charge is 0.347 e. The van der Waals surface area contributed by atoms with Crippen molar-refractivity contribution in [2.75, 3.05) is 29.6 Å². The Morgan fingerprint density at radius 3 is 2.54 bits per heavy atom. The first-order valence-electron chi connectivity index (χ1n) is 9.80. The van der Waals surface area contributed by atoms with Crippen LogP contribution in [0.25, 0.3) is 0 Å². The van der Waals surface area contributed by atoms with Gasteiger partial charge in [0.25, 0.3) is 0 Å². The number of nitrogens with zero attached hydrogens (tertiary/aromatic N) is 4. The molecule has 2 aliphatic heterocycles. The number of piperidine rings is 1. The summed E-state index contributed by atoms with van der Waals surface area (Å²) in [5, 5.41) is 0.517. The summed E-state index contributed by atoms with van der Waals surface area (Å²) in [6, 6.07) is 3.01. The van der Waals surface area contributed by atoms with Crippen LogP contribution in [0.2, 0.25) is 5.15 Å². The molecule has 1 amide bonds. The van der Waals surface area contributed by atoms with E-state index in [0.29, 0.717) is 17.9 Å². The smallest absolute Gasteiger partial charge is 0.225 e. The zero-order chi connectivity index (χ0) is 18.4. The second-order valence-corrected chi connectivity index (χ2v) is 8.44. The minimum absolute atomic E-state index is 0.0485. The topological polar surface area (TPSA) is 39.7 Å². The fourth-order valence-electron chi connectivity index (χ4n) is 4.40. The summed E-state index contributed by atoms with van der Waals surface area (Å²) in [6.07, 6.45) is 6.18. The number of carbonyl (C=O) groups is 1. The van der Waals surface area contributed by atoms with Crippen LogP contribution in [0, 0.1) is 5.92 Å².